The van der Waals surface area contributed by atoms with Crippen LogP contribution in [0.25, 0.3) is 0 Å². The van der Waals surface area contributed by atoms with Gasteiger partial charge < -0.3 is 15.3 Å². The number of nitrogens with zero attached hydrogens (tertiary/aromatic N) is 1. The largest absolute Gasteiger partial charge is 0.480 e. The summed E-state index contributed by atoms with van der Waals surface area (Å²) in [6.07, 6.45) is 0.982. The first-order valence-electron chi connectivity index (χ1n) is 4.86. The summed E-state index contributed by atoms with van der Waals surface area (Å²) >= 11 is 1.82. The van der Waals surface area contributed by atoms with E-state index in [-0.39, 0.29) is 12.1 Å². The van der Waals surface area contributed by atoms with Gasteiger partial charge in [0.2, 0.25) is 0 Å². The van der Waals surface area contributed by atoms with Crippen LogP contribution < -0.4 is 5.32 Å². The number of rotatable bonds is 3. The molecule has 1 aliphatic heterocycles. The van der Waals surface area contributed by atoms with Crippen molar-refractivity contribution in [1.29, 1.82) is 0 Å². The van der Waals surface area contributed by atoms with Crippen LogP contribution in [-0.4, -0.2) is 52.6 Å². The SMILES string of the molecule is CC(NC(=O)N(C)C1CCSC1)C(=O)O. The van der Waals surface area contributed by atoms with Crippen molar-refractivity contribution < 1.29 is 14.7 Å². The summed E-state index contributed by atoms with van der Waals surface area (Å²) in [5, 5.41) is 11.1. The fraction of sp³-hybridized carbons (Fsp3) is 0.778. The summed E-state index contributed by atoms with van der Waals surface area (Å²) in [5.74, 6) is 0.986. The number of carboxylic acid groups (broad SMARTS) is 1. The Labute approximate surface area is 93.2 Å². The van der Waals surface area contributed by atoms with Crippen LogP contribution in [0.5, 0.6) is 0 Å². The molecule has 1 rings (SSSR count). The lowest BCUT2D eigenvalue weighted by Crippen LogP contribution is -2.48. The second-order valence-electron chi connectivity index (χ2n) is 3.64. The van der Waals surface area contributed by atoms with Crippen LogP contribution in [0.1, 0.15) is 13.3 Å². The Kier molecular flexibility index (Phi) is 4.26. The molecule has 0 aromatic heterocycles. The van der Waals surface area contributed by atoms with E-state index in [2.05, 4.69) is 5.32 Å². The third-order valence-corrected chi connectivity index (χ3v) is 3.63. The smallest absolute Gasteiger partial charge is 0.325 e. The standard InChI is InChI=1S/C9H16N2O3S/c1-6(8(12)13)10-9(14)11(2)7-3-4-15-5-7/h6-7H,3-5H2,1-2H3,(H,10,14)(H,12,13). The molecule has 2 unspecified atom stereocenters. The predicted octanol–water partition coefficient (Wildman–Crippen LogP) is 0.606. The monoisotopic (exact) mass is 232 g/mol. The zero-order chi connectivity index (χ0) is 11.4. The molecule has 0 bridgehead atoms. The zero-order valence-electron chi connectivity index (χ0n) is 8.90. The van der Waals surface area contributed by atoms with Crippen molar-refractivity contribution in [1.82, 2.24) is 10.2 Å². The third kappa shape index (κ3) is 3.30. The fourth-order valence-electron chi connectivity index (χ4n) is 1.34. The lowest BCUT2D eigenvalue weighted by Gasteiger charge is -2.25. The van der Waals surface area contributed by atoms with Crippen LogP contribution in [0.15, 0.2) is 0 Å². The number of hydrogen-bond acceptors (Lipinski definition) is 3. The molecule has 2 N–H and O–H groups in total. The number of urea groups is 1. The van der Waals surface area contributed by atoms with Crippen molar-refractivity contribution in [3.05, 3.63) is 0 Å². The molecular weight excluding hydrogens is 216 g/mol. The molecule has 0 aliphatic carbocycles. The van der Waals surface area contributed by atoms with Gasteiger partial charge in [-0.1, -0.05) is 0 Å². The van der Waals surface area contributed by atoms with Crippen LogP contribution in [0.2, 0.25) is 0 Å². The summed E-state index contributed by atoms with van der Waals surface area (Å²) in [5.41, 5.74) is 0. The van der Waals surface area contributed by atoms with E-state index in [4.69, 9.17) is 5.11 Å². The number of carbonyl (C=O) groups is 2. The molecule has 5 nitrogen and oxygen atoms in total. The zero-order valence-corrected chi connectivity index (χ0v) is 9.71. The Hall–Kier alpha value is -0.910. The molecule has 2 atom stereocenters. The van der Waals surface area contributed by atoms with Gasteiger partial charge in [-0.3, -0.25) is 4.79 Å². The van der Waals surface area contributed by atoms with Gasteiger partial charge in [-0.2, -0.15) is 11.8 Å². The van der Waals surface area contributed by atoms with Gasteiger partial charge >= 0.3 is 12.0 Å². The Balaban J connectivity index is 2.41. The molecule has 2 amide bonds. The number of thioether (sulfide) groups is 1. The highest BCUT2D eigenvalue weighted by molar-refractivity contribution is 7.99. The van der Waals surface area contributed by atoms with Crippen molar-refractivity contribution in [2.24, 2.45) is 0 Å². The molecule has 6 heteroatoms. The molecule has 0 saturated carbocycles. The molecule has 1 fully saturated rings. The van der Waals surface area contributed by atoms with Gasteiger partial charge in [0, 0.05) is 18.8 Å². The topological polar surface area (TPSA) is 69.6 Å². The first-order chi connectivity index (χ1) is 7.02. The molecule has 0 aromatic rings. The summed E-state index contributed by atoms with van der Waals surface area (Å²) in [7, 11) is 1.71. The predicted molar refractivity (Wildman–Crippen MR) is 59.1 cm³/mol. The van der Waals surface area contributed by atoms with Crippen LogP contribution >= 0.6 is 11.8 Å². The van der Waals surface area contributed by atoms with E-state index < -0.39 is 12.0 Å². The van der Waals surface area contributed by atoms with Crippen molar-refractivity contribution in [2.45, 2.75) is 25.4 Å². The lowest BCUT2D eigenvalue weighted by molar-refractivity contribution is -0.138. The van der Waals surface area contributed by atoms with E-state index >= 15 is 0 Å². The van der Waals surface area contributed by atoms with Crippen molar-refractivity contribution in [3.8, 4) is 0 Å². The Morgan fingerprint density at radius 2 is 2.27 bits per heavy atom. The molecule has 1 aliphatic rings. The molecule has 15 heavy (non-hydrogen) atoms. The van der Waals surface area contributed by atoms with E-state index in [0.29, 0.717) is 0 Å². The van der Waals surface area contributed by atoms with Gasteiger partial charge in [0.25, 0.3) is 0 Å². The van der Waals surface area contributed by atoms with Crippen LogP contribution in [0.4, 0.5) is 4.79 Å². The maximum atomic E-state index is 11.6. The first kappa shape index (κ1) is 12.2. The minimum atomic E-state index is -1.02. The highest BCUT2D eigenvalue weighted by Crippen LogP contribution is 2.21. The quantitative estimate of drug-likeness (QED) is 0.748. The van der Waals surface area contributed by atoms with Gasteiger partial charge in [0.15, 0.2) is 0 Å². The lowest BCUT2D eigenvalue weighted by atomic mass is 10.2. The van der Waals surface area contributed by atoms with E-state index in [1.54, 1.807) is 11.9 Å². The average molecular weight is 232 g/mol. The highest BCUT2D eigenvalue weighted by atomic mass is 32.2. The molecule has 0 spiro atoms. The van der Waals surface area contributed by atoms with Gasteiger partial charge in [0.1, 0.15) is 6.04 Å². The number of carbonyl (C=O) groups excluding carboxylic acids is 1. The second-order valence-corrected chi connectivity index (χ2v) is 4.79. The van der Waals surface area contributed by atoms with E-state index in [1.165, 1.54) is 6.92 Å². The van der Waals surface area contributed by atoms with Crippen molar-refractivity contribution in [2.75, 3.05) is 18.6 Å². The van der Waals surface area contributed by atoms with Gasteiger partial charge in [0.05, 0.1) is 0 Å². The Morgan fingerprint density at radius 3 is 2.73 bits per heavy atom. The summed E-state index contributed by atoms with van der Waals surface area (Å²) in [6.45, 7) is 1.46. The summed E-state index contributed by atoms with van der Waals surface area (Å²) in [6, 6.07) is -0.914. The van der Waals surface area contributed by atoms with Crippen LogP contribution in [-0.2, 0) is 4.79 Å². The number of hydrogen-bond donors (Lipinski definition) is 2. The van der Waals surface area contributed by atoms with Gasteiger partial charge in [-0.25, -0.2) is 4.79 Å². The van der Waals surface area contributed by atoms with Crippen LogP contribution in [0.3, 0.4) is 0 Å². The minimum Gasteiger partial charge on any atom is -0.480 e. The number of aliphatic carboxylic acids is 1. The fourth-order valence-corrected chi connectivity index (χ4v) is 2.61. The molecule has 1 heterocycles. The van der Waals surface area contributed by atoms with E-state index in [9.17, 15) is 9.59 Å². The second kappa shape index (κ2) is 5.25. The van der Waals surface area contributed by atoms with Gasteiger partial charge in [-0.15, -0.1) is 0 Å². The third-order valence-electron chi connectivity index (χ3n) is 2.48. The Bertz CT molecular complexity index is 254. The maximum Gasteiger partial charge on any atom is 0.325 e. The molecule has 0 aromatic carbocycles. The number of amides is 2. The molecule has 86 valence electrons. The Morgan fingerprint density at radius 1 is 1.60 bits per heavy atom. The van der Waals surface area contributed by atoms with Crippen molar-refractivity contribution in [3.63, 3.8) is 0 Å². The van der Waals surface area contributed by atoms with E-state index in [1.807, 2.05) is 11.8 Å². The average Bonchev–Trinajstić information content (AvgIpc) is 2.68. The molecule has 1 saturated heterocycles. The molecular formula is C9H16N2O3S. The first-order valence-corrected chi connectivity index (χ1v) is 6.01. The summed E-state index contributed by atoms with van der Waals surface area (Å²) < 4.78 is 0. The van der Waals surface area contributed by atoms with Crippen LogP contribution in [0, 0.1) is 0 Å². The maximum absolute atomic E-state index is 11.6. The molecule has 0 radical (unpaired) electrons. The minimum absolute atomic E-state index is 0.232. The normalized spacial score (nSPS) is 22.1. The van der Waals surface area contributed by atoms with Crippen molar-refractivity contribution >= 4 is 23.8 Å². The van der Waals surface area contributed by atoms with E-state index in [0.717, 1.165) is 17.9 Å². The van der Waals surface area contributed by atoms with Gasteiger partial charge in [-0.05, 0) is 19.1 Å². The highest BCUT2D eigenvalue weighted by Gasteiger charge is 2.25. The number of nitrogens with one attached hydrogen (secondary N) is 1. The number of carboxylic acids is 1. The summed E-state index contributed by atoms with van der Waals surface area (Å²) in [4.78, 5) is 23.7.